The van der Waals surface area contributed by atoms with Crippen molar-refractivity contribution in [3.8, 4) is 23.0 Å². The van der Waals surface area contributed by atoms with Gasteiger partial charge in [-0.25, -0.2) is 0 Å². The van der Waals surface area contributed by atoms with Gasteiger partial charge < -0.3 is 27.1 Å². The van der Waals surface area contributed by atoms with Gasteiger partial charge in [0.1, 0.15) is 34.5 Å². The molecule has 0 amide bonds. The van der Waals surface area contributed by atoms with Crippen LogP contribution in [0.1, 0.15) is 12.8 Å². The molecule has 0 radical (unpaired) electrons. The van der Waals surface area contributed by atoms with Gasteiger partial charge in [0, 0.05) is 34.0 Å². The molecule has 276 valence electrons. The number of hydrogen-bond acceptors (Lipinski definition) is 8. The monoisotopic (exact) mass is 776 g/mol. The second-order valence-electron chi connectivity index (χ2n) is 13.1. The molecule has 0 N–H and O–H groups in total. The maximum atomic E-state index is 15.0. The molecule has 56 heavy (non-hydrogen) atoms. The van der Waals surface area contributed by atoms with Crippen LogP contribution in [0.25, 0.3) is 43.1 Å². The summed E-state index contributed by atoms with van der Waals surface area (Å²) in [5.74, 6) is 1.66. The van der Waals surface area contributed by atoms with Crippen molar-refractivity contribution in [1.29, 1.82) is 0 Å². The van der Waals surface area contributed by atoms with Crippen LogP contribution >= 0.6 is 15.6 Å². The van der Waals surface area contributed by atoms with E-state index < -0.39 is 15.6 Å². The molecule has 0 unspecified atom stereocenters. The van der Waals surface area contributed by atoms with Crippen molar-refractivity contribution < 1.29 is 36.3 Å². The maximum Gasteiger partial charge on any atom is 0.647 e. The standard InChI is InChI=1S/C46H34O8P2/c47-55(51-43-28-9-18-33-14-1-5-24-39(33)43,52-44-29-10-19-34-15-2-6-25-40(34)44)49-37-22-13-23-38(32-37)50-56(48,53-45-30-11-20-35-16-3-7-26-41(35)45)54-46-31-12-21-36-17-4-8-27-42(36)46/h1-12,14-22,24-32H,13,23H2. The summed E-state index contributed by atoms with van der Waals surface area (Å²) in [6.45, 7) is 0. The van der Waals surface area contributed by atoms with Crippen LogP contribution in [-0.4, -0.2) is 0 Å². The van der Waals surface area contributed by atoms with E-state index in [9.17, 15) is 9.13 Å². The van der Waals surface area contributed by atoms with Crippen molar-refractivity contribution in [2.45, 2.75) is 12.8 Å². The van der Waals surface area contributed by atoms with Crippen molar-refractivity contribution in [1.82, 2.24) is 0 Å². The number of phosphoric acid groups is 2. The Balaban J connectivity index is 1.07. The molecule has 0 aromatic heterocycles. The molecule has 0 heterocycles. The Hall–Kier alpha value is -6.46. The summed E-state index contributed by atoms with van der Waals surface area (Å²) in [6, 6.07) is 52.4. The van der Waals surface area contributed by atoms with Gasteiger partial charge in [0.2, 0.25) is 0 Å². The SMILES string of the molecule is O=P(OC1=CCCC(OP(=O)(Oc2cccc3ccccc23)Oc2cccc3ccccc23)=C1)(Oc1cccc2ccccc12)Oc1cccc2ccccc12. The maximum absolute atomic E-state index is 15.0. The molecular weight excluding hydrogens is 742 g/mol. The first-order chi connectivity index (χ1) is 27.4. The lowest BCUT2D eigenvalue weighted by atomic mass is 10.1. The fourth-order valence-corrected chi connectivity index (χ4v) is 9.39. The third kappa shape index (κ3) is 7.45. The van der Waals surface area contributed by atoms with Gasteiger partial charge in [0.25, 0.3) is 0 Å². The topological polar surface area (TPSA) is 89.5 Å². The fraction of sp³-hybridized carbons (Fsp3) is 0.0435. The van der Waals surface area contributed by atoms with E-state index in [0.717, 1.165) is 43.1 Å². The number of phosphoric ester groups is 2. The number of hydrogen-bond donors (Lipinski definition) is 0. The Morgan fingerprint density at radius 1 is 0.357 bits per heavy atom. The first-order valence-electron chi connectivity index (χ1n) is 18.1. The smallest absolute Gasteiger partial charge is 0.390 e. The number of benzene rings is 8. The molecule has 8 aromatic carbocycles. The molecule has 0 saturated heterocycles. The predicted octanol–water partition coefficient (Wildman–Crippen LogP) is 13.7. The zero-order chi connectivity index (χ0) is 38.0. The van der Waals surface area contributed by atoms with Gasteiger partial charge in [-0.1, -0.05) is 146 Å². The minimum Gasteiger partial charge on any atom is -0.390 e. The van der Waals surface area contributed by atoms with Gasteiger partial charge in [-0.05, 0) is 58.3 Å². The van der Waals surface area contributed by atoms with Crippen LogP contribution in [0.4, 0.5) is 0 Å². The molecular formula is C46H34O8P2. The van der Waals surface area contributed by atoms with Crippen LogP contribution in [0.5, 0.6) is 23.0 Å². The molecule has 8 aromatic rings. The fourth-order valence-electron chi connectivity index (χ4n) is 6.75. The molecule has 9 rings (SSSR count). The summed E-state index contributed by atoms with van der Waals surface area (Å²) in [4.78, 5) is 0. The summed E-state index contributed by atoms with van der Waals surface area (Å²) in [6.07, 6.45) is 3.99. The molecule has 8 nitrogen and oxygen atoms in total. The van der Waals surface area contributed by atoms with Crippen molar-refractivity contribution in [3.63, 3.8) is 0 Å². The Labute approximate surface area is 323 Å². The van der Waals surface area contributed by atoms with Gasteiger partial charge in [0.15, 0.2) is 0 Å². The van der Waals surface area contributed by atoms with E-state index in [0.29, 0.717) is 35.8 Å². The second kappa shape index (κ2) is 15.0. The molecule has 0 aliphatic heterocycles. The zero-order valence-electron chi connectivity index (χ0n) is 29.9. The highest BCUT2D eigenvalue weighted by Crippen LogP contribution is 2.57. The van der Waals surface area contributed by atoms with E-state index in [4.69, 9.17) is 27.1 Å². The summed E-state index contributed by atoms with van der Waals surface area (Å²) >= 11 is 0. The number of rotatable bonds is 12. The lowest BCUT2D eigenvalue weighted by Crippen LogP contribution is -2.09. The van der Waals surface area contributed by atoms with Crippen molar-refractivity contribution >= 4 is 58.7 Å². The summed E-state index contributed by atoms with van der Waals surface area (Å²) < 4.78 is 67.4. The lowest BCUT2D eigenvalue weighted by Gasteiger charge is -2.25. The van der Waals surface area contributed by atoms with Crippen LogP contribution in [0.15, 0.2) is 194 Å². The summed E-state index contributed by atoms with van der Waals surface area (Å²) in [5.41, 5.74) is 0. The van der Waals surface area contributed by atoms with Crippen molar-refractivity contribution in [3.05, 3.63) is 194 Å². The van der Waals surface area contributed by atoms with Crippen molar-refractivity contribution in [2.24, 2.45) is 0 Å². The Kier molecular flexibility index (Phi) is 9.44. The van der Waals surface area contributed by atoms with Gasteiger partial charge in [0.05, 0.1) is 0 Å². The normalized spacial score (nSPS) is 13.2. The van der Waals surface area contributed by atoms with Crippen LogP contribution in [-0.2, 0) is 18.2 Å². The Morgan fingerprint density at radius 2 is 0.679 bits per heavy atom. The third-order valence-electron chi connectivity index (χ3n) is 9.32. The quantitative estimate of drug-likeness (QED) is 0.113. The van der Waals surface area contributed by atoms with Gasteiger partial charge in [-0.15, -0.1) is 0 Å². The minimum absolute atomic E-state index is 0.136. The first-order valence-corrected chi connectivity index (χ1v) is 21.0. The lowest BCUT2D eigenvalue weighted by molar-refractivity contribution is 0.244. The highest BCUT2D eigenvalue weighted by molar-refractivity contribution is 7.49. The van der Waals surface area contributed by atoms with Crippen LogP contribution in [0.3, 0.4) is 0 Å². The molecule has 0 bridgehead atoms. The Bertz CT molecular complexity index is 2730. The average Bonchev–Trinajstić information content (AvgIpc) is 3.21. The molecule has 0 atom stereocenters. The van der Waals surface area contributed by atoms with E-state index in [1.807, 2.05) is 146 Å². The van der Waals surface area contributed by atoms with E-state index in [1.165, 1.54) is 6.08 Å². The van der Waals surface area contributed by atoms with E-state index in [1.54, 1.807) is 30.3 Å². The van der Waals surface area contributed by atoms with E-state index in [-0.39, 0.29) is 11.5 Å². The molecule has 0 fully saturated rings. The highest BCUT2D eigenvalue weighted by atomic mass is 31.2. The largest absolute Gasteiger partial charge is 0.647 e. The third-order valence-corrected chi connectivity index (χ3v) is 11.9. The number of allylic oxidation sites excluding steroid dienone is 3. The van der Waals surface area contributed by atoms with Crippen LogP contribution in [0.2, 0.25) is 0 Å². The highest BCUT2D eigenvalue weighted by Gasteiger charge is 2.38. The predicted molar refractivity (Wildman–Crippen MR) is 221 cm³/mol. The molecule has 0 spiro atoms. The Morgan fingerprint density at radius 3 is 1.05 bits per heavy atom. The minimum atomic E-state index is -4.48. The van der Waals surface area contributed by atoms with Crippen LogP contribution < -0.4 is 18.1 Å². The van der Waals surface area contributed by atoms with Gasteiger partial charge in [-0.3, -0.25) is 0 Å². The summed E-state index contributed by atoms with van der Waals surface area (Å²) in [7, 11) is -8.95. The van der Waals surface area contributed by atoms with E-state index in [2.05, 4.69) is 0 Å². The van der Waals surface area contributed by atoms with Gasteiger partial charge in [-0.2, -0.15) is 9.13 Å². The zero-order valence-corrected chi connectivity index (χ0v) is 31.7. The first kappa shape index (κ1) is 35.3. The molecule has 0 saturated carbocycles. The van der Waals surface area contributed by atoms with Gasteiger partial charge >= 0.3 is 15.6 Å². The van der Waals surface area contributed by atoms with Crippen LogP contribution in [0, 0.1) is 0 Å². The summed E-state index contributed by atoms with van der Waals surface area (Å²) in [5, 5.41) is 6.50. The second-order valence-corrected chi connectivity index (χ2v) is 16.0. The number of fused-ring (bicyclic) bond motifs is 4. The van der Waals surface area contributed by atoms with Crippen molar-refractivity contribution in [2.75, 3.05) is 0 Å². The van der Waals surface area contributed by atoms with E-state index >= 15 is 0 Å². The molecule has 10 heteroatoms. The average molecular weight is 777 g/mol. The molecule has 1 aliphatic carbocycles. The molecule has 1 aliphatic rings.